The highest BCUT2D eigenvalue weighted by Gasteiger charge is 2.12. The zero-order chi connectivity index (χ0) is 16.1. The lowest BCUT2D eigenvalue weighted by Gasteiger charge is -2.18. The Bertz CT molecular complexity index is 630. The summed E-state index contributed by atoms with van der Waals surface area (Å²) >= 11 is 0. The number of halogens is 1. The molecule has 0 saturated carbocycles. The van der Waals surface area contributed by atoms with Crippen molar-refractivity contribution in [3.63, 3.8) is 0 Å². The molecule has 4 heteroatoms. The van der Waals surface area contributed by atoms with Crippen LogP contribution in [-0.4, -0.2) is 18.8 Å². The zero-order valence-electron chi connectivity index (χ0n) is 13.1. The van der Waals surface area contributed by atoms with Crippen molar-refractivity contribution in [2.45, 2.75) is 26.0 Å². The van der Waals surface area contributed by atoms with E-state index in [4.69, 9.17) is 4.74 Å². The minimum absolute atomic E-state index is 0.0460. The van der Waals surface area contributed by atoms with Gasteiger partial charge in [0.15, 0.2) is 0 Å². The van der Waals surface area contributed by atoms with Gasteiger partial charge < -0.3 is 15.2 Å². The Morgan fingerprint density at radius 2 is 1.95 bits per heavy atom. The fourth-order valence-electron chi connectivity index (χ4n) is 2.25. The standard InChI is InChI=1S/C18H22FNO2/c1-12-7-8-14(10-17(12)19)13(2)20-11-18(21)15-5-4-6-16(9-15)22-3/h4-10,13,18,20-21H,11H2,1-3H3. The third kappa shape index (κ3) is 4.06. The first-order valence-electron chi connectivity index (χ1n) is 7.32. The van der Waals surface area contributed by atoms with Gasteiger partial charge in [0.1, 0.15) is 11.6 Å². The van der Waals surface area contributed by atoms with Crippen molar-refractivity contribution >= 4 is 0 Å². The molecule has 2 aromatic carbocycles. The van der Waals surface area contributed by atoms with Crippen molar-refractivity contribution < 1.29 is 14.2 Å². The van der Waals surface area contributed by atoms with Crippen LogP contribution < -0.4 is 10.1 Å². The Morgan fingerprint density at radius 1 is 1.18 bits per heavy atom. The SMILES string of the molecule is COc1cccc(C(O)CNC(C)c2ccc(C)c(F)c2)c1. The highest BCUT2D eigenvalue weighted by molar-refractivity contribution is 5.30. The molecule has 118 valence electrons. The average Bonchev–Trinajstić information content (AvgIpc) is 2.54. The number of aryl methyl sites for hydroxylation is 1. The lowest BCUT2D eigenvalue weighted by Crippen LogP contribution is -2.24. The number of hydrogen-bond donors (Lipinski definition) is 2. The van der Waals surface area contributed by atoms with Crippen LogP contribution in [0, 0.1) is 12.7 Å². The third-order valence-electron chi connectivity index (χ3n) is 3.79. The van der Waals surface area contributed by atoms with Crippen LogP contribution in [0.15, 0.2) is 42.5 Å². The van der Waals surface area contributed by atoms with Crippen LogP contribution in [0.1, 0.15) is 35.8 Å². The summed E-state index contributed by atoms with van der Waals surface area (Å²) in [5, 5.41) is 13.5. The van der Waals surface area contributed by atoms with Gasteiger partial charge in [-0.25, -0.2) is 4.39 Å². The van der Waals surface area contributed by atoms with Gasteiger partial charge >= 0.3 is 0 Å². The molecule has 2 aromatic rings. The Kier molecular flexibility index (Phi) is 5.52. The van der Waals surface area contributed by atoms with Gasteiger partial charge in [0.2, 0.25) is 0 Å². The van der Waals surface area contributed by atoms with Gasteiger partial charge in [-0.1, -0.05) is 24.3 Å². The molecule has 0 radical (unpaired) electrons. The van der Waals surface area contributed by atoms with Crippen LogP contribution >= 0.6 is 0 Å². The van der Waals surface area contributed by atoms with Crippen LogP contribution in [0.5, 0.6) is 5.75 Å². The molecule has 0 fully saturated rings. The van der Waals surface area contributed by atoms with E-state index in [9.17, 15) is 9.50 Å². The summed E-state index contributed by atoms with van der Waals surface area (Å²) in [6.45, 7) is 4.07. The van der Waals surface area contributed by atoms with Gasteiger partial charge in [-0.15, -0.1) is 0 Å². The van der Waals surface area contributed by atoms with Crippen molar-refractivity contribution in [1.82, 2.24) is 5.32 Å². The topological polar surface area (TPSA) is 41.5 Å². The Labute approximate surface area is 130 Å². The van der Waals surface area contributed by atoms with E-state index in [1.165, 1.54) is 6.07 Å². The number of hydrogen-bond acceptors (Lipinski definition) is 3. The van der Waals surface area contributed by atoms with Crippen molar-refractivity contribution in [3.8, 4) is 5.75 Å². The largest absolute Gasteiger partial charge is 0.497 e. The minimum Gasteiger partial charge on any atom is -0.497 e. The molecule has 0 heterocycles. The Hall–Kier alpha value is -1.91. The maximum Gasteiger partial charge on any atom is 0.126 e. The summed E-state index contributed by atoms with van der Waals surface area (Å²) in [5.74, 6) is 0.504. The summed E-state index contributed by atoms with van der Waals surface area (Å²) in [5.41, 5.74) is 2.28. The molecule has 0 saturated heterocycles. The average molecular weight is 303 g/mol. The highest BCUT2D eigenvalue weighted by Crippen LogP contribution is 2.20. The molecule has 2 rings (SSSR count). The van der Waals surface area contributed by atoms with E-state index in [1.54, 1.807) is 20.1 Å². The van der Waals surface area contributed by atoms with E-state index in [0.717, 1.165) is 11.1 Å². The maximum atomic E-state index is 13.6. The summed E-state index contributed by atoms with van der Waals surface area (Å²) < 4.78 is 18.7. The molecule has 0 amide bonds. The summed E-state index contributed by atoms with van der Waals surface area (Å²) in [6, 6.07) is 12.5. The summed E-state index contributed by atoms with van der Waals surface area (Å²) in [6.07, 6.45) is -0.646. The first kappa shape index (κ1) is 16.5. The van der Waals surface area contributed by atoms with E-state index >= 15 is 0 Å². The smallest absolute Gasteiger partial charge is 0.126 e. The predicted molar refractivity (Wildman–Crippen MR) is 85.5 cm³/mol. The van der Waals surface area contributed by atoms with E-state index < -0.39 is 6.10 Å². The second kappa shape index (κ2) is 7.38. The molecule has 0 aromatic heterocycles. The predicted octanol–water partition coefficient (Wildman–Crippen LogP) is 3.53. The van der Waals surface area contributed by atoms with Crippen molar-refractivity contribution in [2.24, 2.45) is 0 Å². The van der Waals surface area contributed by atoms with E-state index in [0.29, 0.717) is 17.9 Å². The molecule has 2 N–H and O–H groups in total. The molecule has 0 spiro atoms. The maximum absolute atomic E-state index is 13.6. The Balaban J connectivity index is 1.97. The van der Waals surface area contributed by atoms with E-state index in [1.807, 2.05) is 37.3 Å². The zero-order valence-corrected chi connectivity index (χ0v) is 13.1. The van der Waals surface area contributed by atoms with Gasteiger partial charge in [0.25, 0.3) is 0 Å². The van der Waals surface area contributed by atoms with Crippen LogP contribution in [0.25, 0.3) is 0 Å². The lowest BCUT2D eigenvalue weighted by atomic mass is 10.0. The normalized spacial score (nSPS) is 13.7. The van der Waals surface area contributed by atoms with Crippen LogP contribution in [0.4, 0.5) is 4.39 Å². The number of benzene rings is 2. The molecule has 0 aliphatic carbocycles. The lowest BCUT2D eigenvalue weighted by molar-refractivity contribution is 0.170. The second-order valence-corrected chi connectivity index (χ2v) is 5.43. The fraction of sp³-hybridized carbons (Fsp3) is 0.333. The molecule has 0 bridgehead atoms. The van der Waals surface area contributed by atoms with E-state index in [-0.39, 0.29) is 11.9 Å². The second-order valence-electron chi connectivity index (χ2n) is 5.43. The molecule has 0 aliphatic rings. The minimum atomic E-state index is -0.646. The first-order valence-corrected chi connectivity index (χ1v) is 7.32. The summed E-state index contributed by atoms with van der Waals surface area (Å²) in [7, 11) is 1.59. The van der Waals surface area contributed by atoms with Crippen LogP contribution in [0.3, 0.4) is 0 Å². The van der Waals surface area contributed by atoms with Gasteiger partial charge in [0.05, 0.1) is 13.2 Å². The number of ether oxygens (including phenoxy) is 1. The van der Waals surface area contributed by atoms with Crippen LogP contribution in [-0.2, 0) is 0 Å². The molecule has 2 unspecified atom stereocenters. The van der Waals surface area contributed by atoms with Gasteiger partial charge in [-0.2, -0.15) is 0 Å². The molecular formula is C18H22FNO2. The summed E-state index contributed by atoms with van der Waals surface area (Å²) in [4.78, 5) is 0. The number of rotatable bonds is 6. The van der Waals surface area contributed by atoms with Crippen LogP contribution in [0.2, 0.25) is 0 Å². The molecule has 22 heavy (non-hydrogen) atoms. The highest BCUT2D eigenvalue weighted by atomic mass is 19.1. The van der Waals surface area contributed by atoms with Crippen molar-refractivity contribution in [1.29, 1.82) is 0 Å². The number of nitrogens with one attached hydrogen (secondary N) is 1. The monoisotopic (exact) mass is 303 g/mol. The number of aliphatic hydroxyl groups is 1. The van der Waals surface area contributed by atoms with Gasteiger partial charge in [-0.3, -0.25) is 0 Å². The fourth-order valence-corrected chi connectivity index (χ4v) is 2.25. The molecule has 3 nitrogen and oxygen atoms in total. The number of methoxy groups -OCH3 is 1. The van der Waals surface area contributed by atoms with Gasteiger partial charge in [0, 0.05) is 12.6 Å². The Morgan fingerprint density at radius 3 is 2.64 bits per heavy atom. The van der Waals surface area contributed by atoms with Crippen molar-refractivity contribution in [2.75, 3.05) is 13.7 Å². The third-order valence-corrected chi connectivity index (χ3v) is 3.79. The van der Waals surface area contributed by atoms with Crippen molar-refractivity contribution in [3.05, 3.63) is 65.0 Å². The molecule has 0 aliphatic heterocycles. The quantitative estimate of drug-likeness (QED) is 0.858. The molecular weight excluding hydrogens is 281 g/mol. The first-order chi connectivity index (χ1) is 10.5. The van der Waals surface area contributed by atoms with Gasteiger partial charge in [-0.05, 0) is 48.7 Å². The molecule has 2 atom stereocenters. The number of aliphatic hydroxyl groups excluding tert-OH is 1. The van der Waals surface area contributed by atoms with E-state index in [2.05, 4.69) is 5.32 Å².